The molecule has 22 heavy (non-hydrogen) atoms. The fourth-order valence-electron chi connectivity index (χ4n) is 2.21. The summed E-state index contributed by atoms with van der Waals surface area (Å²) < 4.78 is 5.53. The largest absolute Gasteiger partial charge is 0.492 e. The van der Waals surface area contributed by atoms with Gasteiger partial charge in [-0.25, -0.2) is 0 Å². The van der Waals surface area contributed by atoms with Crippen molar-refractivity contribution >= 4 is 17.3 Å². The van der Waals surface area contributed by atoms with E-state index >= 15 is 0 Å². The summed E-state index contributed by atoms with van der Waals surface area (Å²) in [6, 6.07) is 15.5. The van der Waals surface area contributed by atoms with Gasteiger partial charge in [0, 0.05) is 5.69 Å². The fourth-order valence-corrected chi connectivity index (χ4v) is 2.21. The number of amides is 1. The van der Waals surface area contributed by atoms with E-state index in [4.69, 9.17) is 4.74 Å². The van der Waals surface area contributed by atoms with Crippen LogP contribution in [0.2, 0.25) is 0 Å². The number of nitrogens with one attached hydrogen (secondary N) is 2. The Bertz CT molecular complexity index is 626. The van der Waals surface area contributed by atoms with Crippen LogP contribution in [0.5, 0.6) is 5.75 Å². The zero-order chi connectivity index (χ0) is 15.8. The topological polar surface area (TPSA) is 50.4 Å². The Morgan fingerprint density at radius 1 is 1.00 bits per heavy atom. The minimum atomic E-state index is -0.0767. The molecular weight excluding hydrogens is 276 g/mol. The van der Waals surface area contributed by atoms with E-state index < -0.39 is 0 Å². The smallest absolute Gasteiger partial charge is 0.243 e. The average molecular weight is 298 g/mol. The number of para-hydroxylation sites is 3. The molecule has 116 valence electrons. The molecule has 0 radical (unpaired) electrons. The number of rotatable bonds is 7. The van der Waals surface area contributed by atoms with Crippen molar-refractivity contribution in [2.45, 2.75) is 20.3 Å². The number of aryl methyl sites for hydroxylation is 1. The van der Waals surface area contributed by atoms with Crippen molar-refractivity contribution in [1.29, 1.82) is 0 Å². The first-order chi connectivity index (χ1) is 10.7. The lowest BCUT2D eigenvalue weighted by Crippen LogP contribution is -2.22. The van der Waals surface area contributed by atoms with Crippen LogP contribution in [0.25, 0.3) is 0 Å². The van der Waals surface area contributed by atoms with Gasteiger partial charge in [-0.1, -0.05) is 37.3 Å². The Morgan fingerprint density at radius 3 is 2.41 bits per heavy atom. The zero-order valence-corrected chi connectivity index (χ0v) is 13.1. The van der Waals surface area contributed by atoms with Gasteiger partial charge in [0.05, 0.1) is 18.8 Å². The van der Waals surface area contributed by atoms with Crippen LogP contribution >= 0.6 is 0 Å². The van der Waals surface area contributed by atoms with Gasteiger partial charge in [-0.3, -0.25) is 4.79 Å². The molecule has 0 aliphatic carbocycles. The molecule has 2 N–H and O–H groups in total. The number of ether oxygens (including phenoxy) is 1. The van der Waals surface area contributed by atoms with Crippen LogP contribution in [0.15, 0.2) is 48.5 Å². The molecule has 0 aliphatic rings. The van der Waals surface area contributed by atoms with Gasteiger partial charge in [-0.2, -0.15) is 0 Å². The number of carbonyl (C=O) groups excluding carboxylic acids is 1. The molecule has 4 nitrogen and oxygen atoms in total. The summed E-state index contributed by atoms with van der Waals surface area (Å²) in [5, 5.41) is 6.06. The van der Waals surface area contributed by atoms with E-state index in [1.807, 2.05) is 55.5 Å². The highest BCUT2D eigenvalue weighted by molar-refractivity contribution is 5.94. The third kappa shape index (κ3) is 4.25. The molecule has 0 heterocycles. The van der Waals surface area contributed by atoms with Gasteiger partial charge in [-0.15, -0.1) is 0 Å². The summed E-state index contributed by atoms with van der Waals surface area (Å²) in [5.41, 5.74) is 2.82. The first-order valence-corrected chi connectivity index (χ1v) is 7.58. The SMILES string of the molecule is CCOc1ccccc1NCC(=O)Nc1ccccc1CC. The lowest BCUT2D eigenvalue weighted by Gasteiger charge is -2.13. The average Bonchev–Trinajstić information content (AvgIpc) is 2.55. The Hall–Kier alpha value is -2.49. The summed E-state index contributed by atoms with van der Waals surface area (Å²) in [7, 11) is 0. The van der Waals surface area contributed by atoms with E-state index in [9.17, 15) is 4.79 Å². The van der Waals surface area contributed by atoms with E-state index in [1.54, 1.807) is 0 Å². The third-order valence-electron chi connectivity index (χ3n) is 3.30. The van der Waals surface area contributed by atoms with Gasteiger partial charge in [0.2, 0.25) is 5.91 Å². The molecule has 4 heteroatoms. The predicted molar refractivity (Wildman–Crippen MR) is 90.6 cm³/mol. The molecule has 0 unspecified atom stereocenters. The van der Waals surface area contributed by atoms with Gasteiger partial charge < -0.3 is 15.4 Å². The molecule has 0 aliphatic heterocycles. The molecule has 0 saturated carbocycles. The van der Waals surface area contributed by atoms with Crippen molar-refractivity contribution in [1.82, 2.24) is 0 Å². The minimum absolute atomic E-state index is 0.0767. The monoisotopic (exact) mass is 298 g/mol. The molecule has 0 bridgehead atoms. The van der Waals surface area contributed by atoms with Gasteiger partial charge in [0.1, 0.15) is 5.75 Å². The maximum atomic E-state index is 12.1. The lowest BCUT2D eigenvalue weighted by molar-refractivity contribution is -0.114. The minimum Gasteiger partial charge on any atom is -0.492 e. The molecule has 1 amide bonds. The molecule has 0 fully saturated rings. The third-order valence-corrected chi connectivity index (χ3v) is 3.30. The Labute approximate surface area is 131 Å². The van der Waals surface area contributed by atoms with Gasteiger partial charge in [0.25, 0.3) is 0 Å². The van der Waals surface area contributed by atoms with Crippen LogP contribution in [0.3, 0.4) is 0 Å². The maximum Gasteiger partial charge on any atom is 0.243 e. The standard InChI is InChI=1S/C18H22N2O2/c1-3-14-9-5-6-10-15(14)20-18(21)13-19-16-11-7-8-12-17(16)22-4-2/h5-12,19H,3-4,13H2,1-2H3,(H,20,21). The number of benzene rings is 2. The molecule has 2 aromatic rings. The van der Waals surface area contributed by atoms with Crippen LogP contribution in [0, 0.1) is 0 Å². The van der Waals surface area contributed by atoms with E-state index in [1.165, 1.54) is 0 Å². The molecule has 0 atom stereocenters. The zero-order valence-electron chi connectivity index (χ0n) is 13.1. The Morgan fingerprint density at radius 2 is 1.68 bits per heavy atom. The molecule has 0 saturated heterocycles. The van der Waals surface area contributed by atoms with Crippen LogP contribution in [0.1, 0.15) is 19.4 Å². The van der Waals surface area contributed by atoms with Gasteiger partial charge in [-0.05, 0) is 37.1 Å². The first kappa shape index (κ1) is 15.9. The molecule has 2 rings (SSSR count). The summed E-state index contributed by atoms with van der Waals surface area (Å²) in [6.07, 6.45) is 0.886. The summed E-state index contributed by atoms with van der Waals surface area (Å²) in [4.78, 5) is 12.1. The highest BCUT2D eigenvalue weighted by Gasteiger charge is 2.07. The van der Waals surface area contributed by atoms with Crippen molar-refractivity contribution in [2.24, 2.45) is 0 Å². The predicted octanol–water partition coefficient (Wildman–Crippen LogP) is 3.70. The van der Waals surface area contributed by atoms with Crippen molar-refractivity contribution < 1.29 is 9.53 Å². The summed E-state index contributed by atoms with van der Waals surface area (Å²) in [5.74, 6) is 0.680. The molecule has 0 aromatic heterocycles. The number of carbonyl (C=O) groups is 1. The van der Waals surface area contributed by atoms with Crippen LogP contribution in [-0.2, 0) is 11.2 Å². The second kappa shape index (κ2) is 8.08. The van der Waals surface area contributed by atoms with Crippen LogP contribution in [-0.4, -0.2) is 19.1 Å². The molecule has 0 spiro atoms. The van der Waals surface area contributed by atoms with Gasteiger partial charge >= 0.3 is 0 Å². The van der Waals surface area contributed by atoms with Crippen LogP contribution < -0.4 is 15.4 Å². The summed E-state index contributed by atoms with van der Waals surface area (Å²) >= 11 is 0. The normalized spacial score (nSPS) is 10.1. The number of anilines is 2. The Balaban J connectivity index is 1.96. The lowest BCUT2D eigenvalue weighted by atomic mass is 10.1. The van der Waals surface area contributed by atoms with Crippen molar-refractivity contribution in [3.8, 4) is 5.75 Å². The van der Waals surface area contributed by atoms with E-state index in [0.29, 0.717) is 6.61 Å². The Kier molecular flexibility index (Phi) is 5.83. The molecular formula is C18H22N2O2. The van der Waals surface area contributed by atoms with Gasteiger partial charge in [0.15, 0.2) is 0 Å². The highest BCUT2D eigenvalue weighted by atomic mass is 16.5. The summed E-state index contributed by atoms with van der Waals surface area (Å²) in [6.45, 7) is 4.80. The fraction of sp³-hybridized carbons (Fsp3) is 0.278. The second-order valence-electron chi connectivity index (χ2n) is 4.84. The molecule has 2 aromatic carbocycles. The van der Waals surface area contributed by atoms with Crippen molar-refractivity contribution in [2.75, 3.05) is 23.8 Å². The van der Waals surface area contributed by atoms with E-state index in [-0.39, 0.29) is 12.5 Å². The number of hydrogen-bond acceptors (Lipinski definition) is 3. The highest BCUT2D eigenvalue weighted by Crippen LogP contribution is 2.23. The quantitative estimate of drug-likeness (QED) is 0.819. The van der Waals surface area contributed by atoms with Crippen molar-refractivity contribution in [3.05, 3.63) is 54.1 Å². The maximum absolute atomic E-state index is 12.1. The first-order valence-electron chi connectivity index (χ1n) is 7.58. The van der Waals surface area contributed by atoms with Crippen molar-refractivity contribution in [3.63, 3.8) is 0 Å². The second-order valence-corrected chi connectivity index (χ2v) is 4.84. The van der Waals surface area contributed by atoms with E-state index in [2.05, 4.69) is 17.6 Å². The van der Waals surface area contributed by atoms with E-state index in [0.717, 1.165) is 29.1 Å². The number of hydrogen-bond donors (Lipinski definition) is 2. The van der Waals surface area contributed by atoms with Crippen LogP contribution in [0.4, 0.5) is 11.4 Å².